The fraction of sp³-hybridized carbons (Fsp3) is 0.200. The quantitative estimate of drug-likeness (QED) is 0.465. The van der Waals surface area contributed by atoms with Crippen molar-refractivity contribution in [2.24, 2.45) is 0 Å². The molecular formula is C10H9Br2NO4. The van der Waals surface area contributed by atoms with Crippen molar-refractivity contribution < 1.29 is 14.4 Å². The molecule has 1 rings (SSSR count). The maximum Gasteiger partial charge on any atom is 0.311 e. The average molecular weight is 367 g/mol. The lowest BCUT2D eigenvalue weighted by molar-refractivity contribution is -0.407. The lowest BCUT2D eigenvalue weighted by Gasteiger charge is -2.09. The SMILES string of the molecule is COc1cc(Br)c(/C=C(\Br)[N+](=O)[O-])cc1OC. The van der Waals surface area contributed by atoms with Crippen LogP contribution in [-0.4, -0.2) is 19.1 Å². The molecule has 0 spiro atoms. The van der Waals surface area contributed by atoms with E-state index in [4.69, 9.17) is 9.47 Å². The summed E-state index contributed by atoms with van der Waals surface area (Å²) in [6.45, 7) is 0. The third-order valence-corrected chi connectivity index (χ3v) is 3.16. The van der Waals surface area contributed by atoms with E-state index in [0.717, 1.165) is 0 Å². The normalized spacial score (nSPS) is 11.2. The Hall–Kier alpha value is -1.08. The van der Waals surface area contributed by atoms with Gasteiger partial charge >= 0.3 is 4.61 Å². The van der Waals surface area contributed by atoms with Gasteiger partial charge in [-0.1, -0.05) is 15.9 Å². The first-order valence-corrected chi connectivity index (χ1v) is 6.01. The van der Waals surface area contributed by atoms with Gasteiger partial charge in [0.25, 0.3) is 0 Å². The van der Waals surface area contributed by atoms with E-state index < -0.39 is 4.92 Å². The van der Waals surface area contributed by atoms with Gasteiger partial charge in [0.1, 0.15) is 0 Å². The summed E-state index contributed by atoms with van der Waals surface area (Å²) in [7, 11) is 3.02. The highest BCUT2D eigenvalue weighted by molar-refractivity contribution is 9.11. The van der Waals surface area contributed by atoms with E-state index in [1.54, 1.807) is 12.1 Å². The molecule has 1 aromatic carbocycles. The van der Waals surface area contributed by atoms with E-state index in [-0.39, 0.29) is 4.61 Å². The smallest absolute Gasteiger partial charge is 0.311 e. The summed E-state index contributed by atoms with van der Waals surface area (Å²) in [5, 5.41) is 10.5. The number of hydrogen-bond acceptors (Lipinski definition) is 4. The van der Waals surface area contributed by atoms with E-state index in [1.807, 2.05) is 0 Å². The van der Waals surface area contributed by atoms with Crippen LogP contribution >= 0.6 is 31.9 Å². The Labute approximate surface area is 115 Å². The van der Waals surface area contributed by atoms with Crippen molar-refractivity contribution in [1.82, 2.24) is 0 Å². The number of halogens is 2. The number of nitrogens with zero attached hydrogens (tertiary/aromatic N) is 1. The molecule has 0 radical (unpaired) electrons. The van der Waals surface area contributed by atoms with Gasteiger partial charge in [-0.2, -0.15) is 0 Å². The van der Waals surface area contributed by atoms with Crippen LogP contribution in [0.25, 0.3) is 6.08 Å². The van der Waals surface area contributed by atoms with Gasteiger partial charge in [0.15, 0.2) is 11.5 Å². The summed E-state index contributed by atoms with van der Waals surface area (Å²) in [6.07, 6.45) is 1.38. The Morgan fingerprint density at radius 2 is 1.88 bits per heavy atom. The largest absolute Gasteiger partial charge is 0.493 e. The van der Waals surface area contributed by atoms with E-state index in [0.29, 0.717) is 21.5 Å². The van der Waals surface area contributed by atoms with Crippen LogP contribution in [0.5, 0.6) is 11.5 Å². The summed E-state index contributed by atoms with van der Waals surface area (Å²) in [6, 6.07) is 3.33. The van der Waals surface area contributed by atoms with Crippen molar-refractivity contribution in [1.29, 1.82) is 0 Å². The molecule has 1 aromatic rings. The highest BCUT2D eigenvalue weighted by Gasteiger charge is 2.11. The second-order valence-electron chi connectivity index (χ2n) is 2.95. The maximum absolute atomic E-state index is 10.5. The number of methoxy groups -OCH3 is 2. The first-order chi connectivity index (χ1) is 7.99. The van der Waals surface area contributed by atoms with Crippen molar-refractivity contribution in [2.45, 2.75) is 0 Å². The van der Waals surface area contributed by atoms with Gasteiger partial charge < -0.3 is 9.47 Å². The molecule has 0 saturated heterocycles. The third-order valence-electron chi connectivity index (χ3n) is 1.95. The predicted octanol–water partition coefficient (Wildman–Crippen LogP) is 3.44. The minimum absolute atomic E-state index is 0.134. The van der Waals surface area contributed by atoms with Crippen molar-refractivity contribution in [3.63, 3.8) is 0 Å². The molecule has 0 aliphatic rings. The molecule has 0 aliphatic carbocycles. The molecular weight excluding hydrogens is 358 g/mol. The summed E-state index contributed by atoms with van der Waals surface area (Å²) in [4.78, 5) is 9.99. The van der Waals surface area contributed by atoms with Crippen molar-refractivity contribution in [2.75, 3.05) is 14.2 Å². The van der Waals surface area contributed by atoms with Crippen LogP contribution in [-0.2, 0) is 0 Å². The van der Waals surface area contributed by atoms with Crippen molar-refractivity contribution in [3.8, 4) is 11.5 Å². The molecule has 0 fully saturated rings. The Morgan fingerprint density at radius 1 is 1.35 bits per heavy atom. The van der Waals surface area contributed by atoms with Gasteiger partial charge in [-0.05, 0) is 17.7 Å². The Bertz CT molecular complexity index is 474. The molecule has 0 atom stereocenters. The van der Waals surface area contributed by atoms with Gasteiger partial charge in [-0.15, -0.1) is 0 Å². The zero-order valence-electron chi connectivity index (χ0n) is 9.07. The second-order valence-corrected chi connectivity index (χ2v) is 4.62. The fourth-order valence-electron chi connectivity index (χ4n) is 1.16. The Balaban J connectivity index is 3.26. The van der Waals surface area contributed by atoms with Gasteiger partial charge in [-0.25, -0.2) is 0 Å². The van der Waals surface area contributed by atoms with Crippen LogP contribution in [0.2, 0.25) is 0 Å². The summed E-state index contributed by atoms with van der Waals surface area (Å²) < 4.78 is 10.8. The van der Waals surface area contributed by atoms with Crippen molar-refractivity contribution >= 4 is 37.9 Å². The molecule has 7 heteroatoms. The van der Waals surface area contributed by atoms with Crippen LogP contribution in [0.15, 0.2) is 21.2 Å². The van der Waals surface area contributed by atoms with Gasteiger partial charge in [-0.3, -0.25) is 10.1 Å². The van der Waals surface area contributed by atoms with Crippen LogP contribution in [0.3, 0.4) is 0 Å². The molecule has 17 heavy (non-hydrogen) atoms. The first-order valence-electron chi connectivity index (χ1n) is 4.42. The van der Waals surface area contributed by atoms with E-state index in [1.165, 1.54) is 20.3 Å². The molecule has 5 nitrogen and oxygen atoms in total. The van der Waals surface area contributed by atoms with Crippen LogP contribution < -0.4 is 9.47 Å². The minimum Gasteiger partial charge on any atom is -0.493 e. The highest BCUT2D eigenvalue weighted by Crippen LogP contribution is 2.34. The minimum atomic E-state index is -0.525. The highest BCUT2D eigenvalue weighted by atomic mass is 79.9. The maximum atomic E-state index is 10.5. The topological polar surface area (TPSA) is 61.6 Å². The molecule has 0 aromatic heterocycles. The standard InChI is InChI=1S/C10H9Br2NO4/c1-16-8-3-6(4-10(12)13(14)15)7(11)5-9(8)17-2/h3-5H,1-2H3/b10-4+. The van der Waals surface area contributed by atoms with Crippen LogP contribution in [0.1, 0.15) is 5.56 Å². The van der Waals surface area contributed by atoms with Gasteiger partial charge in [0.2, 0.25) is 0 Å². The summed E-state index contributed by atoms with van der Waals surface area (Å²) in [5.41, 5.74) is 0.617. The third kappa shape index (κ3) is 3.44. The van der Waals surface area contributed by atoms with Crippen molar-refractivity contribution in [3.05, 3.63) is 36.9 Å². The molecule has 0 bridgehead atoms. The monoisotopic (exact) mass is 365 g/mol. The number of hydrogen-bond donors (Lipinski definition) is 0. The molecule has 0 aliphatic heterocycles. The lowest BCUT2D eigenvalue weighted by Crippen LogP contribution is -1.93. The van der Waals surface area contributed by atoms with Crippen LogP contribution in [0.4, 0.5) is 0 Å². The molecule has 0 heterocycles. The molecule has 0 saturated carbocycles. The number of benzene rings is 1. The van der Waals surface area contributed by atoms with E-state index in [9.17, 15) is 10.1 Å². The van der Waals surface area contributed by atoms with Gasteiger partial charge in [0.05, 0.1) is 19.1 Å². The van der Waals surface area contributed by atoms with Crippen LogP contribution in [0, 0.1) is 10.1 Å². The lowest BCUT2D eigenvalue weighted by atomic mass is 10.2. The number of ether oxygens (including phenoxy) is 2. The fourth-order valence-corrected chi connectivity index (χ4v) is 1.84. The molecule has 92 valence electrons. The van der Waals surface area contributed by atoms with E-state index in [2.05, 4.69) is 31.9 Å². The molecule has 0 N–H and O–H groups in total. The predicted molar refractivity (Wildman–Crippen MR) is 71.1 cm³/mol. The van der Waals surface area contributed by atoms with Gasteiger partial charge in [0, 0.05) is 26.5 Å². The zero-order chi connectivity index (χ0) is 13.0. The molecule has 0 unspecified atom stereocenters. The second kappa shape index (κ2) is 6.02. The zero-order valence-corrected chi connectivity index (χ0v) is 12.2. The number of rotatable bonds is 4. The number of nitro groups is 1. The van der Waals surface area contributed by atoms with E-state index >= 15 is 0 Å². The summed E-state index contributed by atoms with van der Waals surface area (Å²) >= 11 is 6.17. The Morgan fingerprint density at radius 3 is 2.35 bits per heavy atom. The summed E-state index contributed by atoms with van der Waals surface area (Å²) in [5.74, 6) is 1.05. The molecule has 0 amide bonds. The first kappa shape index (κ1) is 14.0. The Kier molecular flexibility index (Phi) is 4.95. The average Bonchev–Trinajstić information content (AvgIpc) is 2.30.